The third-order valence-corrected chi connectivity index (χ3v) is 5.32. The maximum atomic E-state index is 13.1. The van der Waals surface area contributed by atoms with Crippen molar-refractivity contribution in [2.24, 2.45) is 0 Å². The molecule has 1 amide bonds. The van der Waals surface area contributed by atoms with Crippen LogP contribution in [-0.2, 0) is 21.0 Å². The van der Waals surface area contributed by atoms with Crippen molar-refractivity contribution in [2.75, 3.05) is 16.6 Å². The van der Waals surface area contributed by atoms with Gasteiger partial charge in [0, 0.05) is 12.6 Å². The van der Waals surface area contributed by atoms with Crippen molar-refractivity contribution >= 4 is 27.3 Å². The maximum absolute atomic E-state index is 13.1. The second kappa shape index (κ2) is 8.73. The molecule has 0 aliphatic rings. The Kier molecular flexibility index (Phi) is 6.78. The summed E-state index contributed by atoms with van der Waals surface area (Å²) in [6.07, 6.45) is -4.06. The number of hydrogen-bond donors (Lipinski definition) is 2. The van der Waals surface area contributed by atoms with E-state index in [0.717, 1.165) is 12.1 Å². The van der Waals surface area contributed by atoms with Gasteiger partial charge >= 0.3 is 6.18 Å². The van der Waals surface area contributed by atoms with Crippen molar-refractivity contribution < 1.29 is 31.1 Å². The Morgan fingerprint density at radius 3 is 2.41 bits per heavy atom. The summed E-state index contributed by atoms with van der Waals surface area (Å²) in [6, 6.07) is 6.84. The third kappa shape index (κ3) is 5.86. The zero-order valence-electron chi connectivity index (χ0n) is 16.1. The van der Waals surface area contributed by atoms with Crippen molar-refractivity contribution in [3.05, 3.63) is 47.5 Å². The van der Waals surface area contributed by atoms with Gasteiger partial charge in [0.1, 0.15) is 5.75 Å². The van der Waals surface area contributed by atoms with Crippen LogP contribution in [0.3, 0.4) is 0 Å². The molecule has 0 spiro atoms. The van der Waals surface area contributed by atoms with Gasteiger partial charge in [0.05, 0.1) is 22.8 Å². The molecule has 0 bridgehead atoms. The quantitative estimate of drug-likeness (QED) is 0.674. The average Bonchev–Trinajstić information content (AvgIpc) is 2.60. The first-order valence-electron chi connectivity index (χ1n) is 8.69. The monoisotopic (exact) mass is 430 g/mol. The number of rotatable bonds is 7. The maximum Gasteiger partial charge on any atom is 0.416 e. The van der Waals surface area contributed by atoms with Crippen LogP contribution in [0, 0.1) is 6.92 Å². The highest BCUT2D eigenvalue weighted by Gasteiger charge is 2.32. The van der Waals surface area contributed by atoms with E-state index in [0.29, 0.717) is 18.1 Å². The van der Waals surface area contributed by atoms with Crippen LogP contribution in [0.1, 0.15) is 31.4 Å². The molecule has 6 nitrogen and oxygen atoms in total. The van der Waals surface area contributed by atoms with Crippen molar-refractivity contribution in [3.63, 3.8) is 0 Å². The molecule has 0 saturated heterocycles. The molecule has 10 heteroatoms. The number of nitrogens with one attached hydrogen (secondary N) is 2. The van der Waals surface area contributed by atoms with E-state index in [4.69, 9.17) is 4.74 Å². The molecule has 0 atom stereocenters. The summed E-state index contributed by atoms with van der Waals surface area (Å²) < 4.78 is 72.6. The number of aryl methyl sites for hydroxylation is 1. The molecule has 2 N–H and O–H groups in total. The smallest absolute Gasteiger partial charge is 0.416 e. The molecule has 0 aliphatic heterocycles. The van der Waals surface area contributed by atoms with Gasteiger partial charge in [0.2, 0.25) is 5.91 Å². The van der Waals surface area contributed by atoms with E-state index in [9.17, 15) is 26.4 Å². The highest BCUT2D eigenvalue weighted by atomic mass is 32.2. The Bertz CT molecular complexity index is 1000. The highest BCUT2D eigenvalue weighted by Crippen LogP contribution is 2.36. The van der Waals surface area contributed by atoms with Crippen molar-refractivity contribution in [1.29, 1.82) is 0 Å². The Morgan fingerprint density at radius 2 is 1.83 bits per heavy atom. The molecule has 0 radical (unpaired) electrons. The molecular formula is C19H21F3N2O4S. The van der Waals surface area contributed by atoms with E-state index in [2.05, 4.69) is 10.0 Å². The number of sulfonamides is 1. The first-order chi connectivity index (χ1) is 13.4. The summed E-state index contributed by atoms with van der Waals surface area (Å²) in [7, 11) is -4.26. The molecule has 2 rings (SSSR count). The predicted molar refractivity (Wildman–Crippen MR) is 104 cm³/mol. The highest BCUT2D eigenvalue weighted by molar-refractivity contribution is 7.92. The molecule has 158 valence electrons. The molecule has 0 heterocycles. The van der Waals surface area contributed by atoms with Crippen LogP contribution in [0.15, 0.2) is 41.3 Å². The number of anilines is 2. The second-order valence-electron chi connectivity index (χ2n) is 6.32. The minimum atomic E-state index is -4.65. The number of hydrogen-bond acceptors (Lipinski definition) is 4. The van der Waals surface area contributed by atoms with Gasteiger partial charge in [-0.3, -0.25) is 9.52 Å². The summed E-state index contributed by atoms with van der Waals surface area (Å²) in [6.45, 7) is 4.82. The standard InChI is InChI=1S/C19H21F3N2O4S/c1-4-9-28-17-8-6-14(19(20,21)22)10-16(17)24-29(26,27)18-11-15(23-13(3)25)7-5-12(18)2/h5-8,10-11,24H,4,9H2,1-3H3,(H,23,25). The number of carbonyl (C=O) groups excluding carboxylic acids is 1. The lowest BCUT2D eigenvalue weighted by molar-refractivity contribution is -0.137. The predicted octanol–water partition coefficient (Wildman–Crippen LogP) is 4.56. The molecular weight excluding hydrogens is 409 g/mol. The van der Waals surface area contributed by atoms with Gasteiger partial charge in [-0.05, 0) is 49.2 Å². The third-order valence-electron chi connectivity index (χ3n) is 3.81. The van der Waals surface area contributed by atoms with E-state index >= 15 is 0 Å². The summed E-state index contributed by atoms with van der Waals surface area (Å²) in [5.41, 5.74) is -0.732. The van der Waals surface area contributed by atoms with Gasteiger partial charge in [-0.2, -0.15) is 13.2 Å². The molecule has 2 aromatic rings. The Morgan fingerprint density at radius 1 is 1.14 bits per heavy atom. The zero-order valence-corrected chi connectivity index (χ0v) is 16.9. The van der Waals surface area contributed by atoms with Crippen LogP contribution in [0.2, 0.25) is 0 Å². The van der Waals surface area contributed by atoms with Gasteiger partial charge in [-0.15, -0.1) is 0 Å². The molecule has 29 heavy (non-hydrogen) atoms. The summed E-state index contributed by atoms with van der Waals surface area (Å²) in [4.78, 5) is 11.0. The van der Waals surface area contributed by atoms with Crippen LogP contribution in [-0.4, -0.2) is 20.9 Å². The number of halogens is 3. The van der Waals surface area contributed by atoms with Gasteiger partial charge in [0.15, 0.2) is 0 Å². The summed E-state index contributed by atoms with van der Waals surface area (Å²) >= 11 is 0. The number of amides is 1. The van der Waals surface area contributed by atoms with E-state index in [1.54, 1.807) is 0 Å². The molecule has 0 unspecified atom stereocenters. The van der Waals surface area contributed by atoms with Crippen LogP contribution in [0.25, 0.3) is 0 Å². The van der Waals surface area contributed by atoms with E-state index in [-0.39, 0.29) is 28.6 Å². The van der Waals surface area contributed by atoms with Crippen molar-refractivity contribution in [2.45, 2.75) is 38.3 Å². The van der Waals surface area contributed by atoms with Crippen LogP contribution < -0.4 is 14.8 Å². The Labute approximate surface area is 167 Å². The molecule has 0 aromatic heterocycles. The minimum absolute atomic E-state index is 0.0147. The average molecular weight is 430 g/mol. The second-order valence-corrected chi connectivity index (χ2v) is 7.97. The largest absolute Gasteiger partial charge is 0.491 e. The molecule has 0 aliphatic carbocycles. The fraction of sp³-hybridized carbons (Fsp3) is 0.316. The number of benzene rings is 2. The fourth-order valence-electron chi connectivity index (χ4n) is 2.49. The minimum Gasteiger partial charge on any atom is -0.491 e. The van der Waals surface area contributed by atoms with Gasteiger partial charge in [-0.25, -0.2) is 8.42 Å². The Hall–Kier alpha value is -2.75. The van der Waals surface area contributed by atoms with E-state index < -0.39 is 27.7 Å². The van der Waals surface area contributed by atoms with E-state index in [1.165, 1.54) is 32.0 Å². The molecule has 0 saturated carbocycles. The summed E-state index contributed by atoms with van der Waals surface area (Å²) in [5, 5.41) is 2.47. The molecule has 0 fully saturated rings. The lowest BCUT2D eigenvalue weighted by atomic mass is 10.2. The number of ether oxygens (including phenoxy) is 1. The Balaban J connectivity index is 2.49. The van der Waals surface area contributed by atoms with Crippen LogP contribution >= 0.6 is 0 Å². The lowest BCUT2D eigenvalue weighted by Gasteiger charge is -2.17. The summed E-state index contributed by atoms with van der Waals surface area (Å²) in [5.74, 6) is -0.405. The van der Waals surface area contributed by atoms with Gasteiger partial charge < -0.3 is 10.1 Å². The first kappa shape index (κ1) is 22.5. The molecule has 2 aromatic carbocycles. The zero-order chi connectivity index (χ0) is 21.8. The van der Waals surface area contributed by atoms with Gasteiger partial charge in [-0.1, -0.05) is 13.0 Å². The van der Waals surface area contributed by atoms with Gasteiger partial charge in [0.25, 0.3) is 10.0 Å². The number of carbonyl (C=O) groups is 1. The topological polar surface area (TPSA) is 84.5 Å². The fourth-order valence-corrected chi connectivity index (χ4v) is 3.83. The number of alkyl halides is 3. The SMILES string of the molecule is CCCOc1ccc(C(F)(F)F)cc1NS(=O)(=O)c1cc(NC(C)=O)ccc1C. The lowest BCUT2D eigenvalue weighted by Crippen LogP contribution is -2.17. The van der Waals surface area contributed by atoms with Crippen molar-refractivity contribution in [3.8, 4) is 5.75 Å². The van der Waals surface area contributed by atoms with Crippen LogP contribution in [0.5, 0.6) is 5.75 Å². The first-order valence-corrected chi connectivity index (χ1v) is 10.2. The van der Waals surface area contributed by atoms with Crippen LogP contribution in [0.4, 0.5) is 24.5 Å². The normalized spacial score (nSPS) is 11.8. The van der Waals surface area contributed by atoms with Crippen molar-refractivity contribution in [1.82, 2.24) is 0 Å². The van der Waals surface area contributed by atoms with E-state index in [1.807, 2.05) is 6.92 Å².